The van der Waals surface area contributed by atoms with Crippen LogP contribution in [0, 0.1) is 0 Å². The van der Waals surface area contributed by atoms with Gasteiger partial charge in [0.25, 0.3) is 0 Å². The maximum Gasteiger partial charge on any atom is 0.308 e. The third-order valence-electron chi connectivity index (χ3n) is 2.64. The monoisotopic (exact) mass is 233 g/mol. The molecule has 0 bridgehead atoms. The van der Waals surface area contributed by atoms with Crippen LogP contribution < -0.4 is 0 Å². The first-order valence-electron chi connectivity index (χ1n) is 5.56. The van der Waals surface area contributed by atoms with Crippen LogP contribution in [0.25, 0.3) is 0 Å². The van der Waals surface area contributed by atoms with Crippen molar-refractivity contribution in [2.24, 2.45) is 4.99 Å². The van der Waals surface area contributed by atoms with E-state index >= 15 is 0 Å². The summed E-state index contributed by atoms with van der Waals surface area (Å²) in [5.74, 6) is -0.285. The average molecular weight is 233 g/mol. The molecule has 4 nitrogen and oxygen atoms in total. The Kier molecular flexibility index (Phi) is 3.54. The number of hydrogen-bond donors (Lipinski definition) is 0. The summed E-state index contributed by atoms with van der Waals surface area (Å²) in [6.45, 7) is 1.86. The van der Waals surface area contributed by atoms with Gasteiger partial charge in [-0.15, -0.1) is 0 Å². The highest BCUT2D eigenvalue weighted by atomic mass is 16.5. The van der Waals surface area contributed by atoms with E-state index in [0.717, 1.165) is 11.3 Å². The van der Waals surface area contributed by atoms with Crippen LogP contribution in [0.5, 0.6) is 0 Å². The lowest BCUT2D eigenvalue weighted by Crippen LogP contribution is -2.24. The summed E-state index contributed by atoms with van der Waals surface area (Å²) in [4.78, 5) is 15.7. The van der Waals surface area contributed by atoms with Gasteiger partial charge in [-0.2, -0.15) is 0 Å². The fourth-order valence-corrected chi connectivity index (χ4v) is 1.86. The van der Waals surface area contributed by atoms with Crippen LogP contribution in [-0.4, -0.2) is 31.1 Å². The van der Waals surface area contributed by atoms with Gasteiger partial charge < -0.3 is 9.47 Å². The minimum absolute atomic E-state index is 0.203. The number of carbonyl (C=O) groups is 1. The van der Waals surface area contributed by atoms with Crippen molar-refractivity contribution in [1.82, 2.24) is 0 Å². The van der Waals surface area contributed by atoms with Crippen molar-refractivity contribution in [2.75, 3.05) is 7.11 Å². The zero-order valence-corrected chi connectivity index (χ0v) is 9.92. The molecule has 90 valence electrons. The van der Waals surface area contributed by atoms with Gasteiger partial charge in [0.15, 0.2) is 0 Å². The summed E-state index contributed by atoms with van der Waals surface area (Å²) in [7, 11) is 1.38. The first kappa shape index (κ1) is 11.8. The zero-order chi connectivity index (χ0) is 12.3. The summed E-state index contributed by atoms with van der Waals surface area (Å²) in [5.41, 5.74) is 1.81. The van der Waals surface area contributed by atoms with Gasteiger partial charge in [0.1, 0.15) is 12.3 Å². The fraction of sp³-hybridized carbons (Fsp3) is 0.385. The van der Waals surface area contributed by atoms with Gasteiger partial charge in [-0.1, -0.05) is 30.3 Å². The normalized spacial score (nSPS) is 23.3. The average Bonchev–Trinajstić information content (AvgIpc) is 2.71. The molecule has 0 N–H and O–H groups in total. The molecule has 4 heteroatoms. The van der Waals surface area contributed by atoms with Crippen LogP contribution in [0.4, 0.5) is 0 Å². The lowest BCUT2D eigenvalue weighted by atomic mass is 10.0. The Morgan fingerprint density at radius 2 is 2.12 bits per heavy atom. The Morgan fingerprint density at radius 3 is 2.76 bits per heavy atom. The Balaban J connectivity index is 2.19. The molecular weight excluding hydrogens is 218 g/mol. The second-order valence-corrected chi connectivity index (χ2v) is 3.88. The predicted octanol–water partition coefficient (Wildman–Crippen LogP) is 1.78. The number of rotatable bonds is 3. The molecule has 0 radical (unpaired) electrons. The molecular formula is C13H15NO3. The zero-order valence-electron chi connectivity index (χ0n) is 9.92. The van der Waals surface area contributed by atoms with Crippen LogP contribution >= 0.6 is 0 Å². The van der Waals surface area contributed by atoms with E-state index in [4.69, 9.17) is 4.74 Å². The van der Waals surface area contributed by atoms with Crippen LogP contribution in [-0.2, 0) is 14.3 Å². The Hall–Kier alpha value is -1.68. The molecule has 17 heavy (non-hydrogen) atoms. The molecule has 1 aliphatic heterocycles. The second kappa shape index (κ2) is 5.10. The van der Waals surface area contributed by atoms with Gasteiger partial charge in [0.2, 0.25) is 0 Å². The van der Waals surface area contributed by atoms with E-state index in [1.807, 2.05) is 37.3 Å². The van der Waals surface area contributed by atoms with E-state index in [1.165, 1.54) is 7.11 Å². The van der Waals surface area contributed by atoms with Crippen molar-refractivity contribution in [2.45, 2.75) is 25.7 Å². The van der Waals surface area contributed by atoms with E-state index in [9.17, 15) is 4.79 Å². The first-order valence-corrected chi connectivity index (χ1v) is 5.56. The smallest absolute Gasteiger partial charge is 0.308 e. The van der Waals surface area contributed by atoms with Gasteiger partial charge in [-0.25, -0.2) is 0 Å². The predicted molar refractivity (Wildman–Crippen MR) is 63.9 cm³/mol. The molecule has 1 aromatic rings. The molecule has 0 saturated carbocycles. The van der Waals surface area contributed by atoms with E-state index in [1.54, 1.807) is 0 Å². The molecule has 0 aliphatic carbocycles. The summed E-state index contributed by atoms with van der Waals surface area (Å²) in [6, 6.07) is 9.75. The quantitative estimate of drug-likeness (QED) is 0.748. The summed E-state index contributed by atoms with van der Waals surface area (Å²) in [6.07, 6.45) is -0.311. The van der Waals surface area contributed by atoms with Gasteiger partial charge in [-0.05, 0) is 12.5 Å². The lowest BCUT2D eigenvalue weighted by molar-refractivity contribution is -0.142. The number of nitrogens with zero attached hydrogens (tertiary/aromatic N) is 1. The lowest BCUT2D eigenvalue weighted by Gasteiger charge is -2.12. The molecule has 1 heterocycles. The third kappa shape index (κ3) is 2.71. The number of esters is 1. The van der Waals surface area contributed by atoms with Gasteiger partial charge in [0.05, 0.1) is 19.2 Å². The highest BCUT2D eigenvalue weighted by Crippen LogP contribution is 2.20. The molecule has 1 aliphatic rings. The molecule has 2 atom stereocenters. The van der Waals surface area contributed by atoms with Crippen molar-refractivity contribution in [3.63, 3.8) is 0 Å². The molecule has 2 unspecified atom stereocenters. The minimum atomic E-state index is -0.306. The number of hydrogen-bond acceptors (Lipinski definition) is 4. The number of benzene rings is 1. The standard InChI is InChI=1S/C13H15NO3/c1-9-14-13(10-6-4-3-5-7-10)11(17-9)8-12(15)16-2/h3-7,9,11H,8H2,1-2H3. The maximum absolute atomic E-state index is 11.3. The summed E-state index contributed by atoms with van der Waals surface area (Å²) >= 11 is 0. The van der Waals surface area contributed by atoms with E-state index < -0.39 is 0 Å². The van der Waals surface area contributed by atoms with Gasteiger partial charge in [-0.3, -0.25) is 9.79 Å². The Bertz CT molecular complexity index is 428. The highest BCUT2D eigenvalue weighted by molar-refractivity contribution is 6.06. The van der Waals surface area contributed by atoms with Crippen molar-refractivity contribution < 1.29 is 14.3 Å². The summed E-state index contributed by atoms with van der Waals surface area (Å²) in [5, 5.41) is 0. The van der Waals surface area contributed by atoms with Gasteiger partial charge >= 0.3 is 5.97 Å². The second-order valence-electron chi connectivity index (χ2n) is 3.88. The maximum atomic E-state index is 11.3. The van der Waals surface area contributed by atoms with Crippen molar-refractivity contribution >= 4 is 11.7 Å². The van der Waals surface area contributed by atoms with E-state index in [0.29, 0.717) is 0 Å². The third-order valence-corrected chi connectivity index (χ3v) is 2.64. The van der Waals surface area contributed by atoms with Crippen LogP contribution in [0.3, 0.4) is 0 Å². The molecule has 0 fully saturated rings. The Labute approximate surface area is 100 Å². The number of carbonyl (C=O) groups excluding carboxylic acids is 1. The number of ether oxygens (including phenoxy) is 2. The molecule has 0 aromatic heterocycles. The molecule has 1 aromatic carbocycles. The van der Waals surface area contributed by atoms with Crippen molar-refractivity contribution in [1.29, 1.82) is 0 Å². The summed E-state index contributed by atoms with van der Waals surface area (Å²) < 4.78 is 10.3. The first-order chi connectivity index (χ1) is 8.20. The highest BCUT2D eigenvalue weighted by Gasteiger charge is 2.29. The van der Waals surface area contributed by atoms with Crippen molar-refractivity contribution in [3.05, 3.63) is 35.9 Å². The van der Waals surface area contributed by atoms with Crippen molar-refractivity contribution in [3.8, 4) is 0 Å². The topological polar surface area (TPSA) is 47.9 Å². The van der Waals surface area contributed by atoms with Gasteiger partial charge in [0, 0.05) is 0 Å². The molecule has 0 spiro atoms. The molecule has 0 amide bonds. The van der Waals surface area contributed by atoms with E-state index in [-0.39, 0.29) is 24.7 Å². The van der Waals surface area contributed by atoms with E-state index in [2.05, 4.69) is 9.73 Å². The molecule has 2 rings (SSSR count). The largest absolute Gasteiger partial charge is 0.469 e. The fourth-order valence-electron chi connectivity index (χ4n) is 1.86. The number of methoxy groups -OCH3 is 1. The number of aliphatic imine (C=N–C) groups is 1. The Morgan fingerprint density at radius 1 is 1.41 bits per heavy atom. The van der Waals surface area contributed by atoms with Crippen LogP contribution in [0.15, 0.2) is 35.3 Å². The SMILES string of the molecule is COC(=O)CC1OC(C)N=C1c1ccccc1. The van der Waals surface area contributed by atoms with Crippen LogP contribution in [0.2, 0.25) is 0 Å². The van der Waals surface area contributed by atoms with Crippen LogP contribution in [0.1, 0.15) is 18.9 Å². The minimum Gasteiger partial charge on any atom is -0.469 e. The molecule has 0 saturated heterocycles.